The van der Waals surface area contributed by atoms with Crippen LogP contribution in [0.3, 0.4) is 0 Å². The molecule has 1 aromatic rings. The van der Waals surface area contributed by atoms with Crippen LogP contribution in [-0.4, -0.2) is 48.2 Å². The van der Waals surface area contributed by atoms with Crippen molar-refractivity contribution in [1.29, 1.82) is 0 Å². The van der Waals surface area contributed by atoms with Gasteiger partial charge in [-0.2, -0.15) is 0 Å². The molecule has 0 aliphatic heterocycles. The van der Waals surface area contributed by atoms with Gasteiger partial charge in [-0.25, -0.2) is 13.1 Å². The van der Waals surface area contributed by atoms with Gasteiger partial charge in [0, 0.05) is 33.4 Å². The lowest BCUT2D eigenvalue weighted by molar-refractivity contribution is 0.123. The molecule has 0 atom stereocenters. The van der Waals surface area contributed by atoms with E-state index in [2.05, 4.69) is 20.3 Å². The molecule has 1 fully saturated rings. The van der Waals surface area contributed by atoms with Crippen molar-refractivity contribution in [3.05, 3.63) is 29.8 Å². The van der Waals surface area contributed by atoms with E-state index in [0.717, 1.165) is 37.7 Å². The van der Waals surface area contributed by atoms with Gasteiger partial charge in [-0.05, 0) is 49.9 Å². The first-order valence-corrected chi connectivity index (χ1v) is 10.1. The summed E-state index contributed by atoms with van der Waals surface area (Å²) in [4.78, 5) is 4.42. The Kier molecular flexibility index (Phi) is 7.67. The minimum atomic E-state index is -3.43. The topological polar surface area (TPSA) is 91.8 Å². The molecule has 0 aromatic heterocycles. The van der Waals surface area contributed by atoms with Crippen molar-refractivity contribution in [3.63, 3.8) is 0 Å². The number of benzene rings is 1. The molecular weight excluding hydrogens is 340 g/mol. The summed E-state index contributed by atoms with van der Waals surface area (Å²) >= 11 is 0. The van der Waals surface area contributed by atoms with E-state index in [-0.39, 0.29) is 4.90 Å². The highest BCUT2D eigenvalue weighted by Gasteiger charge is 2.20. The van der Waals surface area contributed by atoms with E-state index in [1.165, 1.54) is 19.9 Å². The molecule has 8 heteroatoms. The molecule has 0 spiro atoms. The van der Waals surface area contributed by atoms with Crippen molar-refractivity contribution >= 4 is 16.0 Å². The molecule has 1 aliphatic rings. The lowest BCUT2D eigenvalue weighted by Crippen LogP contribution is -2.37. The molecule has 25 heavy (non-hydrogen) atoms. The van der Waals surface area contributed by atoms with Crippen molar-refractivity contribution in [3.8, 4) is 0 Å². The lowest BCUT2D eigenvalue weighted by atomic mass is 10.2. The van der Waals surface area contributed by atoms with E-state index in [9.17, 15) is 8.42 Å². The third-order valence-electron chi connectivity index (χ3n) is 3.97. The molecule has 0 bridgehead atoms. The molecule has 0 saturated heterocycles. The first-order valence-electron chi connectivity index (χ1n) is 8.60. The van der Waals surface area contributed by atoms with Crippen LogP contribution in [-0.2, 0) is 21.3 Å². The SMILES string of the molecule is CN=C(NCCCOCC1CC1)NCc1cccc(S(=O)(=O)NC)c1. The molecule has 1 aromatic carbocycles. The molecule has 7 nitrogen and oxygen atoms in total. The Bertz CT molecular complexity index is 672. The minimum absolute atomic E-state index is 0.255. The Morgan fingerprint density at radius 3 is 2.80 bits per heavy atom. The van der Waals surface area contributed by atoms with Crippen molar-refractivity contribution in [2.45, 2.75) is 30.7 Å². The van der Waals surface area contributed by atoms with Crippen LogP contribution in [0.2, 0.25) is 0 Å². The van der Waals surface area contributed by atoms with Crippen LogP contribution in [0.1, 0.15) is 24.8 Å². The van der Waals surface area contributed by atoms with Crippen LogP contribution in [0.4, 0.5) is 0 Å². The number of aliphatic imine (C=N–C) groups is 1. The number of hydrogen-bond acceptors (Lipinski definition) is 4. The van der Waals surface area contributed by atoms with Crippen LogP contribution >= 0.6 is 0 Å². The van der Waals surface area contributed by atoms with E-state index >= 15 is 0 Å². The van der Waals surface area contributed by atoms with Gasteiger partial charge in [-0.3, -0.25) is 4.99 Å². The van der Waals surface area contributed by atoms with E-state index in [0.29, 0.717) is 12.5 Å². The quantitative estimate of drug-likeness (QED) is 0.326. The van der Waals surface area contributed by atoms with E-state index in [1.54, 1.807) is 25.2 Å². The monoisotopic (exact) mass is 368 g/mol. The molecule has 0 heterocycles. The second kappa shape index (κ2) is 9.74. The smallest absolute Gasteiger partial charge is 0.240 e. The van der Waals surface area contributed by atoms with Crippen LogP contribution in [0, 0.1) is 5.92 Å². The van der Waals surface area contributed by atoms with E-state index < -0.39 is 10.0 Å². The van der Waals surface area contributed by atoms with Gasteiger partial charge in [-0.15, -0.1) is 0 Å². The Balaban J connectivity index is 1.71. The van der Waals surface area contributed by atoms with Crippen LogP contribution in [0.15, 0.2) is 34.2 Å². The molecule has 140 valence electrons. The number of nitrogens with zero attached hydrogens (tertiary/aromatic N) is 1. The third kappa shape index (κ3) is 7.01. The standard InChI is InChI=1S/C17H28N4O3S/c1-18-17(20-9-4-10-24-13-14-7-8-14)21-12-15-5-3-6-16(11-15)25(22,23)19-2/h3,5-6,11,14,19H,4,7-10,12-13H2,1-2H3,(H2,18,20,21). The molecule has 3 N–H and O–H groups in total. The molecular formula is C17H28N4O3S. The fourth-order valence-electron chi connectivity index (χ4n) is 2.26. The predicted molar refractivity (Wildman–Crippen MR) is 99.0 cm³/mol. The summed E-state index contributed by atoms with van der Waals surface area (Å²) in [7, 11) is -0.315. The number of sulfonamides is 1. The third-order valence-corrected chi connectivity index (χ3v) is 5.38. The highest BCUT2D eigenvalue weighted by Crippen LogP contribution is 2.28. The van der Waals surface area contributed by atoms with Gasteiger partial charge in [0.25, 0.3) is 0 Å². The average molecular weight is 369 g/mol. The van der Waals surface area contributed by atoms with Crippen LogP contribution in [0.25, 0.3) is 0 Å². The first-order chi connectivity index (χ1) is 12.0. The Morgan fingerprint density at radius 2 is 2.12 bits per heavy atom. The normalized spacial score (nSPS) is 15.2. The number of ether oxygens (including phenoxy) is 1. The van der Waals surface area contributed by atoms with Gasteiger partial charge in [0.15, 0.2) is 5.96 Å². The summed E-state index contributed by atoms with van der Waals surface area (Å²) in [5.41, 5.74) is 0.868. The summed E-state index contributed by atoms with van der Waals surface area (Å²) in [6.07, 6.45) is 3.54. The Hall–Kier alpha value is -1.64. The van der Waals surface area contributed by atoms with Crippen molar-refractivity contribution < 1.29 is 13.2 Å². The molecule has 0 amide bonds. The molecule has 1 aliphatic carbocycles. The summed E-state index contributed by atoms with van der Waals surface area (Å²) in [6.45, 7) is 2.91. The average Bonchev–Trinajstić information content (AvgIpc) is 3.45. The van der Waals surface area contributed by atoms with E-state index in [1.807, 2.05) is 6.07 Å². The molecule has 0 radical (unpaired) electrons. The Labute approximate surface area is 150 Å². The van der Waals surface area contributed by atoms with E-state index in [4.69, 9.17) is 4.74 Å². The zero-order valence-corrected chi connectivity index (χ0v) is 15.7. The fourth-order valence-corrected chi connectivity index (χ4v) is 3.06. The molecule has 1 saturated carbocycles. The van der Waals surface area contributed by atoms with Crippen LogP contribution < -0.4 is 15.4 Å². The highest BCUT2D eigenvalue weighted by atomic mass is 32.2. The minimum Gasteiger partial charge on any atom is -0.381 e. The maximum absolute atomic E-state index is 11.8. The first kappa shape index (κ1) is 19.7. The van der Waals surface area contributed by atoms with Gasteiger partial charge in [0.1, 0.15) is 0 Å². The second-order valence-corrected chi connectivity index (χ2v) is 7.97. The van der Waals surface area contributed by atoms with Gasteiger partial charge < -0.3 is 15.4 Å². The zero-order chi connectivity index (χ0) is 18.1. The highest BCUT2D eigenvalue weighted by molar-refractivity contribution is 7.89. The summed E-state index contributed by atoms with van der Waals surface area (Å²) in [6, 6.07) is 6.83. The maximum atomic E-state index is 11.8. The van der Waals surface area contributed by atoms with Crippen molar-refractivity contribution in [2.24, 2.45) is 10.9 Å². The summed E-state index contributed by atoms with van der Waals surface area (Å²) in [5.74, 6) is 1.48. The molecule has 2 rings (SSSR count). The summed E-state index contributed by atoms with van der Waals surface area (Å²) in [5, 5.41) is 6.41. The maximum Gasteiger partial charge on any atom is 0.240 e. The number of rotatable bonds is 10. The van der Waals surface area contributed by atoms with Crippen molar-refractivity contribution in [1.82, 2.24) is 15.4 Å². The lowest BCUT2D eigenvalue weighted by Gasteiger charge is -2.12. The van der Waals surface area contributed by atoms with Gasteiger partial charge in [0.2, 0.25) is 10.0 Å². The predicted octanol–water partition coefficient (Wildman–Crippen LogP) is 1.08. The number of guanidine groups is 1. The van der Waals surface area contributed by atoms with Crippen molar-refractivity contribution in [2.75, 3.05) is 33.9 Å². The second-order valence-electron chi connectivity index (χ2n) is 6.08. The number of hydrogen-bond donors (Lipinski definition) is 3. The fraction of sp³-hybridized carbons (Fsp3) is 0.588. The molecule has 0 unspecified atom stereocenters. The zero-order valence-electron chi connectivity index (χ0n) is 14.9. The summed E-state index contributed by atoms with van der Waals surface area (Å²) < 4.78 is 31.6. The van der Waals surface area contributed by atoms with Gasteiger partial charge in [-0.1, -0.05) is 12.1 Å². The van der Waals surface area contributed by atoms with Gasteiger partial charge >= 0.3 is 0 Å². The van der Waals surface area contributed by atoms with Gasteiger partial charge in [0.05, 0.1) is 4.90 Å². The largest absolute Gasteiger partial charge is 0.381 e. The Morgan fingerprint density at radius 1 is 1.32 bits per heavy atom. The number of nitrogens with one attached hydrogen (secondary N) is 3. The van der Waals surface area contributed by atoms with Crippen LogP contribution in [0.5, 0.6) is 0 Å².